The van der Waals surface area contributed by atoms with Crippen LogP contribution in [-0.2, 0) is 14.8 Å². The summed E-state index contributed by atoms with van der Waals surface area (Å²) in [4.78, 5) is 15.6. The van der Waals surface area contributed by atoms with Crippen LogP contribution in [0.25, 0.3) is 6.08 Å². The number of hydrogen-bond donors (Lipinski definition) is 2. The number of benzene rings is 2. The van der Waals surface area contributed by atoms with Crippen molar-refractivity contribution in [3.05, 3.63) is 70.9 Å². The number of carbonyl (C=O) groups excluding carboxylic acids is 1. The average Bonchev–Trinajstić information content (AvgIpc) is 3.37. The SMILES string of the molecule is COc1ccccc1NS(=O)(=O)c1cc(NC(=O)C=Cc2cccs2)ccc1N1CCCCC1. The van der Waals surface area contributed by atoms with Crippen molar-refractivity contribution in [2.45, 2.75) is 24.2 Å². The molecule has 0 unspecified atom stereocenters. The number of piperidine rings is 1. The number of rotatable bonds is 8. The number of sulfonamides is 1. The van der Waals surface area contributed by atoms with Crippen LogP contribution in [0.4, 0.5) is 17.1 Å². The molecule has 1 saturated heterocycles. The van der Waals surface area contributed by atoms with Gasteiger partial charge in [-0.3, -0.25) is 9.52 Å². The molecule has 1 amide bonds. The van der Waals surface area contributed by atoms with E-state index in [9.17, 15) is 13.2 Å². The zero-order chi connectivity index (χ0) is 24.0. The van der Waals surface area contributed by atoms with Gasteiger partial charge in [-0.15, -0.1) is 11.3 Å². The summed E-state index contributed by atoms with van der Waals surface area (Å²) in [6.45, 7) is 1.57. The van der Waals surface area contributed by atoms with E-state index >= 15 is 0 Å². The fraction of sp³-hybridized carbons (Fsp3) is 0.240. The molecule has 4 rings (SSSR count). The van der Waals surface area contributed by atoms with Crippen molar-refractivity contribution in [1.82, 2.24) is 0 Å². The first-order chi connectivity index (χ1) is 16.5. The van der Waals surface area contributed by atoms with Crippen molar-refractivity contribution in [3.63, 3.8) is 0 Å². The van der Waals surface area contributed by atoms with E-state index in [1.165, 1.54) is 30.6 Å². The molecule has 0 bridgehead atoms. The van der Waals surface area contributed by atoms with Gasteiger partial charge in [-0.25, -0.2) is 8.42 Å². The highest BCUT2D eigenvalue weighted by Crippen LogP contribution is 2.33. The maximum absolute atomic E-state index is 13.5. The van der Waals surface area contributed by atoms with Crippen LogP contribution >= 0.6 is 11.3 Å². The zero-order valence-electron chi connectivity index (χ0n) is 18.9. The van der Waals surface area contributed by atoms with Crippen LogP contribution in [0.5, 0.6) is 5.75 Å². The fourth-order valence-corrected chi connectivity index (χ4v) is 5.80. The van der Waals surface area contributed by atoms with Crippen LogP contribution < -0.4 is 19.7 Å². The Labute approximate surface area is 204 Å². The molecule has 1 aliphatic heterocycles. The first-order valence-corrected chi connectivity index (χ1v) is 13.4. The summed E-state index contributed by atoms with van der Waals surface area (Å²) in [5.41, 5.74) is 1.37. The van der Waals surface area contributed by atoms with Gasteiger partial charge in [-0.1, -0.05) is 18.2 Å². The molecular formula is C25H27N3O4S2. The predicted molar refractivity (Wildman–Crippen MR) is 138 cm³/mol. The number of amides is 1. The second-order valence-electron chi connectivity index (χ2n) is 7.87. The van der Waals surface area contributed by atoms with E-state index in [-0.39, 0.29) is 10.8 Å². The maximum atomic E-state index is 13.5. The summed E-state index contributed by atoms with van der Waals surface area (Å²) in [7, 11) is -2.48. The summed E-state index contributed by atoms with van der Waals surface area (Å²) in [5, 5.41) is 4.71. The van der Waals surface area contributed by atoms with Gasteiger partial charge in [0.05, 0.1) is 18.5 Å². The lowest BCUT2D eigenvalue weighted by atomic mass is 10.1. The third-order valence-electron chi connectivity index (χ3n) is 5.51. The van der Waals surface area contributed by atoms with Crippen molar-refractivity contribution < 1.29 is 17.9 Å². The summed E-state index contributed by atoms with van der Waals surface area (Å²) in [5.74, 6) is 0.0916. The molecule has 1 fully saturated rings. The van der Waals surface area contributed by atoms with Crippen LogP contribution in [0.1, 0.15) is 24.1 Å². The molecule has 0 radical (unpaired) electrons. The molecular weight excluding hydrogens is 470 g/mol. The van der Waals surface area contributed by atoms with Crippen molar-refractivity contribution in [3.8, 4) is 5.75 Å². The van der Waals surface area contributed by atoms with Gasteiger partial charge in [-0.05, 0) is 67.1 Å². The Morgan fingerprint density at radius 3 is 2.59 bits per heavy atom. The van der Waals surface area contributed by atoms with Crippen molar-refractivity contribution in [2.75, 3.05) is 35.1 Å². The summed E-state index contributed by atoms with van der Waals surface area (Å²) >= 11 is 1.53. The normalized spacial score (nSPS) is 14.2. The summed E-state index contributed by atoms with van der Waals surface area (Å²) in [6.07, 6.45) is 6.30. The number of nitrogens with one attached hydrogen (secondary N) is 2. The van der Waals surface area contributed by atoms with Crippen LogP contribution in [0.2, 0.25) is 0 Å². The highest BCUT2D eigenvalue weighted by Gasteiger charge is 2.25. The Balaban J connectivity index is 1.65. The number of ether oxygens (including phenoxy) is 1. The number of para-hydroxylation sites is 2. The molecule has 0 atom stereocenters. The van der Waals surface area contributed by atoms with Gasteiger partial charge < -0.3 is 15.0 Å². The average molecular weight is 498 g/mol. The van der Waals surface area contributed by atoms with Crippen LogP contribution in [-0.4, -0.2) is 34.5 Å². The van der Waals surface area contributed by atoms with E-state index < -0.39 is 10.0 Å². The first-order valence-electron chi connectivity index (χ1n) is 11.0. The maximum Gasteiger partial charge on any atom is 0.264 e. The molecule has 7 nitrogen and oxygen atoms in total. The zero-order valence-corrected chi connectivity index (χ0v) is 20.5. The molecule has 178 valence electrons. The molecule has 0 aliphatic carbocycles. The molecule has 2 aromatic carbocycles. The minimum Gasteiger partial charge on any atom is -0.495 e. The molecule has 34 heavy (non-hydrogen) atoms. The summed E-state index contributed by atoms with van der Waals surface area (Å²) in [6, 6.07) is 15.7. The molecule has 1 aromatic heterocycles. The van der Waals surface area contributed by atoms with E-state index in [1.54, 1.807) is 42.5 Å². The predicted octanol–water partition coefficient (Wildman–Crippen LogP) is 5.20. The molecule has 9 heteroatoms. The number of nitrogens with zero attached hydrogens (tertiary/aromatic N) is 1. The van der Waals surface area contributed by atoms with Gasteiger partial charge in [-0.2, -0.15) is 0 Å². The fourth-order valence-electron chi connectivity index (χ4n) is 3.86. The lowest BCUT2D eigenvalue weighted by Crippen LogP contribution is -2.31. The van der Waals surface area contributed by atoms with Crippen molar-refractivity contribution in [1.29, 1.82) is 0 Å². The standard InChI is InChI=1S/C25H27N3O4S2/c1-32-23-10-4-3-9-21(23)27-34(30,31)24-18-19(11-13-22(24)28-15-5-2-6-16-28)26-25(29)14-12-20-8-7-17-33-20/h3-4,7-14,17-18,27H,2,5-6,15-16H2,1H3,(H,26,29). The highest BCUT2D eigenvalue weighted by atomic mass is 32.2. The van der Waals surface area contributed by atoms with E-state index in [0.29, 0.717) is 22.8 Å². The van der Waals surface area contributed by atoms with Crippen LogP contribution in [0.15, 0.2) is 70.9 Å². The topological polar surface area (TPSA) is 87.7 Å². The Morgan fingerprint density at radius 2 is 1.85 bits per heavy atom. The monoisotopic (exact) mass is 497 g/mol. The molecule has 2 heterocycles. The number of carbonyl (C=O) groups is 1. The van der Waals surface area contributed by atoms with Gasteiger partial charge >= 0.3 is 0 Å². The lowest BCUT2D eigenvalue weighted by Gasteiger charge is -2.30. The van der Waals surface area contributed by atoms with Gasteiger partial charge in [0.15, 0.2) is 0 Å². The smallest absolute Gasteiger partial charge is 0.264 e. The first kappa shape index (κ1) is 23.8. The Bertz CT molecular complexity index is 1270. The molecule has 0 spiro atoms. The van der Waals surface area contributed by atoms with E-state index in [2.05, 4.69) is 14.9 Å². The minimum atomic E-state index is -3.97. The van der Waals surface area contributed by atoms with Crippen molar-refractivity contribution >= 4 is 50.4 Å². The van der Waals surface area contributed by atoms with Gasteiger partial charge in [0, 0.05) is 29.7 Å². The van der Waals surface area contributed by atoms with Crippen LogP contribution in [0.3, 0.4) is 0 Å². The molecule has 0 saturated carbocycles. The molecule has 3 aromatic rings. The number of anilines is 3. The summed E-state index contributed by atoms with van der Waals surface area (Å²) < 4.78 is 35.0. The minimum absolute atomic E-state index is 0.111. The Hall–Kier alpha value is -3.30. The highest BCUT2D eigenvalue weighted by molar-refractivity contribution is 7.93. The second kappa shape index (κ2) is 10.8. The number of hydrogen-bond acceptors (Lipinski definition) is 6. The largest absolute Gasteiger partial charge is 0.495 e. The third kappa shape index (κ3) is 5.78. The molecule has 2 N–H and O–H groups in total. The van der Waals surface area contributed by atoms with E-state index in [1.807, 2.05) is 17.5 Å². The Morgan fingerprint density at radius 1 is 1.06 bits per heavy atom. The van der Waals surface area contributed by atoms with E-state index in [4.69, 9.17) is 4.74 Å². The van der Waals surface area contributed by atoms with Crippen molar-refractivity contribution in [2.24, 2.45) is 0 Å². The lowest BCUT2D eigenvalue weighted by molar-refractivity contribution is -0.111. The van der Waals surface area contributed by atoms with E-state index in [0.717, 1.165) is 37.2 Å². The number of methoxy groups -OCH3 is 1. The van der Waals surface area contributed by atoms with Gasteiger partial charge in [0.1, 0.15) is 10.6 Å². The Kier molecular flexibility index (Phi) is 7.54. The molecule has 1 aliphatic rings. The van der Waals surface area contributed by atoms with Crippen LogP contribution in [0, 0.1) is 0 Å². The third-order valence-corrected chi connectivity index (χ3v) is 7.74. The quantitative estimate of drug-likeness (QED) is 0.418. The van der Waals surface area contributed by atoms with Gasteiger partial charge in [0.2, 0.25) is 5.91 Å². The second-order valence-corrected chi connectivity index (χ2v) is 10.5. The number of thiophene rings is 1. The van der Waals surface area contributed by atoms with Gasteiger partial charge in [0.25, 0.3) is 10.0 Å².